The second-order valence-electron chi connectivity index (χ2n) is 1.91. The fourth-order valence-electron chi connectivity index (χ4n) is 0.650. The third-order valence-electron chi connectivity index (χ3n) is 1.19. The summed E-state index contributed by atoms with van der Waals surface area (Å²) in [4.78, 5) is 0. The summed E-state index contributed by atoms with van der Waals surface area (Å²) in [5.74, 6) is 0.890. The molecule has 0 aliphatic heterocycles. The number of methoxy groups -OCH3 is 1. The van der Waals surface area contributed by atoms with Gasteiger partial charge in [-0.05, 0) is 73.2 Å². The van der Waals surface area contributed by atoms with Crippen molar-refractivity contribution in [2.45, 2.75) is 0 Å². The van der Waals surface area contributed by atoms with Gasteiger partial charge in [0.05, 0.1) is 7.11 Å². The number of benzene rings is 1. The van der Waals surface area contributed by atoms with Gasteiger partial charge < -0.3 is 4.74 Å². The van der Waals surface area contributed by atoms with E-state index < -0.39 is 0 Å². The summed E-state index contributed by atoms with van der Waals surface area (Å²) < 4.78 is 8.61. The number of halogens is 3. The largest absolute Gasteiger partial charge is 0.497 e. The van der Waals surface area contributed by atoms with E-state index in [1.54, 1.807) is 7.11 Å². The molecule has 0 saturated carbocycles. The average molecular weight is 439 g/mol. The third-order valence-corrected chi connectivity index (χ3v) is 5.60. The van der Waals surface area contributed by atoms with E-state index in [0.717, 1.165) is 10.2 Å². The van der Waals surface area contributed by atoms with Crippen LogP contribution in [0.25, 0.3) is 0 Å². The van der Waals surface area contributed by atoms with Crippen LogP contribution in [-0.4, -0.2) is 7.11 Å². The Morgan fingerprint density at radius 2 is 2.00 bits per heavy atom. The Kier molecular flexibility index (Phi) is 3.90. The Labute approximate surface area is 101 Å². The van der Waals surface area contributed by atoms with Crippen LogP contribution in [0, 0.1) is 7.14 Å². The van der Waals surface area contributed by atoms with E-state index in [9.17, 15) is 0 Å². The van der Waals surface area contributed by atoms with Gasteiger partial charge >= 0.3 is 0 Å². The van der Waals surface area contributed by atoms with E-state index in [0.29, 0.717) is 0 Å². The van der Waals surface area contributed by atoms with Crippen LogP contribution in [0.2, 0.25) is 0 Å². The van der Waals surface area contributed by atoms with Gasteiger partial charge in [-0.2, -0.15) is 0 Å². The molecule has 0 unspecified atom stereocenters. The maximum absolute atomic E-state index is 5.09. The second kappa shape index (κ2) is 4.27. The van der Waals surface area contributed by atoms with Crippen LogP contribution >= 0.6 is 61.1 Å². The van der Waals surface area contributed by atoms with Crippen molar-refractivity contribution >= 4 is 61.1 Å². The van der Waals surface area contributed by atoms with E-state index in [4.69, 9.17) is 4.74 Å². The fourth-order valence-corrected chi connectivity index (χ4v) is 2.37. The van der Waals surface area contributed by atoms with Gasteiger partial charge in [0, 0.05) is 11.6 Å². The summed E-state index contributed by atoms with van der Waals surface area (Å²) in [5, 5.41) is 0. The van der Waals surface area contributed by atoms with Crippen LogP contribution < -0.4 is 4.74 Å². The number of hydrogen-bond donors (Lipinski definition) is 0. The van der Waals surface area contributed by atoms with Crippen molar-refractivity contribution < 1.29 is 4.74 Å². The Morgan fingerprint density at radius 1 is 1.36 bits per heavy atom. The molecule has 1 nitrogen and oxygen atoms in total. The lowest BCUT2D eigenvalue weighted by Crippen LogP contribution is -1.87. The highest BCUT2D eigenvalue weighted by molar-refractivity contribution is 14.1. The molecule has 1 rings (SSSR count). The van der Waals surface area contributed by atoms with E-state index in [1.807, 2.05) is 12.1 Å². The van der Waals surface area contributed by atoms with Crippen molar-refractivity contribution in [3.63, 3.8) is 0 Å². The van der Waals surface area contributed by atoms with Crippen molar-refractivity contribution in [1.29, 1.82) is 0 Å². The van der Waals surface area contributed by atoms with Gasteiger partial charge in [0.1, 0.15) is 5.75 Å². The maximum Gasteiger partial charge on any atom is 0.121 e. The predicted molar refractivity (Wildman–Crippen MR) is 66.1 cm³/mol. The molecule has 11 heavy (non-hydrogen) atoms. The first-order valence-corrected chi connectivity index (χ1v) is 5.78. The molecule has 0 aromatic heterocycles. The molecular formula is C7H5BrI2O. The Hall–Kier alpha value is 0.960. The molecule has 0 fully saturated rings. The van der Waals surface area contributed by atoms with Crippen LogP contribution in [0.4, 0.5) is 0 Å². The summed E-state index contributed by atoms with van der Waals surface area (Å²) in [7, 11) is 1.67. The molecule has 60 valence electrons. The molecule has 0 atom stereocenters. The lowest BCUT2D eigenvalue weighted by molar-refractivity contribution is 0.414. The average Bonchev–Trinajstić information content (AvgIpc) is 1.99. The van der Waals surface area contributed by atoms with Crippen LogP contribution in [0.5, 0.6) is 5.75 Å². The second-order valence-corrected chi connectivity index (χ2v) is 5.00. The molecule has 0 aliphatic carbocycles. The monoisotopic (exact) mass is 438 g/mol. The SMILES string of the molecule is COc1cc(Br)c(I)c(I)c1. The zero-order valence-electron chi connectivity index (χ0n) is 5.70. The van der Waals surface area contributed by atoms with E-state index >= 15 is 0 Å². The van der Waals surface area contributed by atoms with Crippen LogP contribution in [0.3, 0.4) is 0 Å². The first-order valence-electron chi connectivity index (χ1n) is 2.83. The van der Waals surface area contributed by atoms with Crippen LogP contribution in [0.1, 0.15) is 0 Å². The predicted octanol–water partition coefficient (Wildman–Crippen LogP) is 3.67. The van der Waals surface area contributed by atoms with Crippen molar-refractivity contribution in [1.82, 2.24) is 0 Å². The molecule has 4 heteroatoms. The normalized spacial score (nSPS) is 9.82. The molecule has 0 radical (unpaired) electrons. The summed E-state index contributed by atoms with van der Waals surface area (Å²) in [6, 6.07) is 3.97. The smallest absolute Gasteiger partial charge is 0.121 e. The topological polar surface area (TPSA) is 9.23 Å². The standard InChI is InChI=1S/C7H5BrI2O/c1-11-4-2-5(8)7(10)6(9)3-4/h2-3H,1H3. The van der Waals surface area contributed by atoms with E-state index in [2.05, 4.69) is 61.1 Å². The lowest BCUT2D eigenvalue weighted by atomic mass is 10.3. The van der Waals surface area contributed by atoms with Gasteiger partial charge in [0.25, 0.3) is 0 Å². The zero-order valence-corrected chi connectivity index (χ0v) is 11.6. The van der Waals surface area contributed by atoms with Crippen molar-refractivity contribution in [2.75, 3.05) is 7.11 Å². The van der Waals surface area contributed by atoms with Gasteiger partial charge in [-0.3, -0.25) is 0 Å². The first kappa shape index (κ1) is 10.0. The minimum atomic E-state index is 0.890. The highest BCUT2D eigenvalue weighted by Gasteiger charge is 2.03. The summed E-state index contributed by atoms with van der Waals surface area (Å²) >= 11 is 8.02. The van der Waals surface area contributed by atoms with Crippen molar-refractivity contribution in [3.05, 3.63) is 23.7 Å². The van der Waals surface area contributed by atoms with Gasteiger partial charge in [-0.1, -0.05) is 0 Å². The lowest BCUT2D eigenvalue weighted by Gasteiger charge is -2.03. The maximum atomic E-state index is 5.09. The molecule has 0 heterocycles. The van der Waals surface area contributed by atoms with Crippen LogP contribution in [0.15, 0.2) is 16.6 Å². The Bertz CT molecular complexity index is 252. The van der Waals surface area contributed by atoms with Gasteiger partial charge in [0.15, 0.2) is 0 Å². The summed E-state index contributed by atoms with van der Waals surface area (Å²) in [5.41, 5.74) is 0. The van der Waals surface area contributed by atoms with E-state index in [-0.39, 0.29) is 0 Å². The van der Waals surface area contributed by atoms with Gasteiger partial charge in [-0.15, -0.1) is 0 Å². The summed E-state index contributed by atoms with van der Waals surface area (Å²) in [6.45, 7) is 0. The number of ether oxygens (including phenoxy) is 1. The molecule has 0 aliphatic rings. The minimum Gasteiger partial charge on any atom is -0.497 e. The minimum absolute atomic E-state index is 0.890. The summed E-state index contributed by atoms with van der Waals surface area (Å²) in [6.07, 6.45) is 0. The highest BCUT2D eigenvalue weighted by Crippen LogP contribution is 2.28. The molecule has 0 saturated heterocycles. The molecule has 0 amide bonds. The molecule has 0 spiro atoms. The molecule has 0 bridgehead atoms. The Morgan fingerprint density at radius 3 is 2.45 bits per heavy atom. The fraction of sp³-hybridized carbons (Fsp3) is 0.143. The van der Waals surface area contributed by atoms with Gasteiger partial charge in [-0.25, -0.2) is 0 Å². The molecule has 1 aromatic rings. The quantitative estimate of drug-likeness (QED) is 0.480. The number of hydrogen-bond acceptors (Lipinski definition) is 1. The number of rotatable bonds is 1. The first-order chi connectivity index (χ1) is 5.15. The Balaban J connectivity index is 3.21. The van der Waals surface area contributed by atoms with Crippen molar-refractivity contribution in [3.8, 4) is 5.75 Å². The molecular weight excluding hydrogens is 434 g/mol. The van der Waals surface area contributed by atoms with Crippen LogP contribution in [-0.2, 0) is 0 Å². The van der Waals surface area contributed by atoms with Crippen molar-refractivity contribution in [2.24, 2.45) is 0 Å². The molecule has 0 N–H and O–H groups in total. The molecule has 1 aromatic carbocycles. The van der Waals surface area contributed by atoms with Gasteiger partial charge in [0.2, 0.25) is 0 Å². The third kappa shape index (κ3) is 2.45. The highest BCUT2D eigenvalue weighted by atomic mass is 127. The zero-order chi connectivity index (χ0) is 8.43. The van der Waals surface area contributed by atoms with E-state index in [1.165, 1.54) is 7.14 Å².